The molecule has 22 heavy (non-hydrogen) atoms. The lowest BCUT2D eigenvalue weighted by molar-refractivity contribution is -0.916. The first kappa shape index (κ1) is 21.9. The fraction of sp³-hybridized carbons (Fsp3) is 1.00. The number of hydrogen-bond donors (Lipinski definition) is 1. The lowest BCUT2D eigenvalue weighted by atomic mass is 10.1. The van der Waals surface area contributed by atoms with Crippen LogP contribution in [-0.4, -0.2) is 43.2 Å². The van der Waals surface area contributed by atoms with Gasteiger partial charge in [-0.25, -0.2) is 0 Å². The summed E-state index contributed by atoms with van der Waals surface area (Å²) in [5.41, 5.74) is 0. The number of likely N-dealkylation sites (N-methyl/N-ethyl adjacent to an activating group) is 1. The summed E-state index contributed by atoms with van der Waals surface area (Å²) in [6.45, 7) is 8.71. The fourth-order valence-electron chi connectivity index (χ4n) is 3.56. The van der Waals surface area contributed by atoms with Gasteiger partial charge in [0.25, 0.3) is 0 Å². The first-order valence-electron chi connectivity index (χ1n) is 9.80. The van der Waals surface area contributed by atoms with Gasteiger partial charge in [-0.15, -0.1) is 0 Å². The molecule has 134 valence electrons. The van der Waals surface area contributed by atoms with Crippen molar-refractivity contribution in [1.29, 1.82) is 0 Å². The number of nitrogens with one attached hydrogen (secondary N) is 1. The SMILES string of the molecule is CCCCCCCCCCCCCC[NH+]1CCN(C)C1C.[OH-]. The van der Waals surface area contributed by atoms with Crippen molar-refractivity contribution in [3.05, 3.63) is 0 Å². The van der Waals surface area contributed by atoms with Crippen LogP contribution < -0.4 is 4.90 Å². The van der Waals surface area contributed by atoms with Gasteiger partial charge in [-0.05, 0) is 19.9 Å². The maximum absolute atomic E-state index is 2.50. The van der Waals surface area contributed by atoms with Gasteiger partial charge in [0.1, 0.15) is 6.17 Å². The van der Waals surface area contributed by atoms with Gasteiger partial charge >= 0.3 is 0 Å². The molecule has 1 aliphatic heterocycles. The lowest BCUT2D eigenvalue weighted by Gasteiger charge is -2.20. The monoisotopic (exact) mass is 314 g/mol. The van der Waals surface area contributed by atoms with Crippen molar-refractivity contribution in [3.63, 3.8) is 0 Å². The molecule has 0 aromatic rings. The average Bonchev–Trinajstić information content (AvgIpc) is 2.80. The lowest BCUT2D eigenvalue weighted by Crippen LogP contribution is -3.14. The van der Waals surface area contributed by atoms with E-state index in [0.717, 1.165) is 6.17 Å². The van der Waals surface area contributed by atoms with Crippen molar-refractivity contribution in [1.82, 2.24) is 4.90 Å². The topological polar surface area (TPSA) is 37.7 Å². The molecule has 0 aromatic heterocycles. The van der Waals surface area contributed by atoms with Crippen LogP contribution in [-0.2, 0) is 0 Å². The molecule has 2 N–H and O–H groups in total. The van der Waals surface area contributed by atoms with Crippen LogP contribution in [0.3, 0.4) is 0 Å². The highest BCUT2D eigenvalue weighted by atomic mass is 16.0. The van der Waals surface area contributed by atoms with Crippen molar-refractivity contribution in [2.24, 2.45) is 0 Å². The number of rotatable bonds is 13. The van der Waals surface area contributed by atoms with Crippen molar-refractivity contribution in [2.45, 2.75) is 97.1 Å². The third-order valence-electron chi connectivity index (χ3n) is 5.39. The van der Waals surface area contributed by atoms with Crippen LogP contribution in [0, 0.1) is 0 Å². The second-order valence-corrected chi connectivity index (χ2v) is 7.20. The van der Waals surface area contributed by atoms with E-state index < -0.39 is 0 Å². The second-order valence-electron chi connectivity index (χ2n) is 7.20. The van der Waals surface area contributed by atoms with Crippen LogP contribution in [0.4, 0.5) is 0 Å². The summed E-state index contributed by atoms with van der Waals surface area (Å²) >= 11 is 0. The quantitative estimate of drug-likeness (QED) is 0.527. The van der Waals surface area contributed by atoms with Crippen LogP contribution in [0.1, 0.15) is 90.9 Å². The molecule has 0 amide bonds. The van der Waals surface area contributed by atoms with E-state index in [-0.39, 0.29) is 5.48 Å². The Labute approximate surface area is 139 Å². The fourth-order valence-corrected chi connectivity index (χ4v) is 3.56. The Hall–Kier alpha value is -0.120. The number of unbranched alkanes of at least 4 members (excludes halogenated alkanes) is 11. The van der Waals surface area contributed by atoms with Gasteiger partial charge in [-0.3, -0.25) is 4.90 Å². The highest BCUT2D eigenvalue weighted by molar-refractivity contribution is 4.58. The zero-order chi connectivity index (χ0) is 15.3. The Morgan fingerprint density at radius 1 is 0.818 bits per heavy atom. The molecule has 0 spiro atoms. The molecule has 0 saturated carbocycles. The van der Waals surface area contributed by atoms with E-state index in [1.807, 2.05) is 4.90 Å². The van der Waals surface area contributed by atoms with Crippen LogP contribution >= 0.6 is 0 Å². The molecule has 3 heteroatoms. The summed E-state index contributed by atoms with van der Waals surface area (Å²) in [7, 11) is 2.26. The molecule has 3 nitrogen and oxygen atoms in total. The minimum absolute atomic E-state index is 0. The van der Waals surface area contributed by atoms with Crippen molar-refractivity contribution in [2.75, 3.05) is 26.7 Å². The van der Waals surface area contributed by atoms with Gasteiger partial charge in [-0.1, -0.05) is 71.1 Å². The molecule has 0 radical (unpaired) electrons. The summed E-state index contributed by atoms with van der Waals surface area (Å²) in [5.74, 6) is 0. The summed E-state index contributed by atoms with van der Waals surface area (Å²) in [4.78, 5) is 4.31. The van der Waals surface area contributed by atoms with Gasteiger partial charge in [0.2, 0.25) is 0 Å². The molecule has 1 heterocycles. The highest BCUT2D eigenvalue weighted by Gasteiger charge is 2.28. The third-order valence-corrected chi connectivity index (χ3v) is 5.39. The average molecular weight is 315 g/mol. The van der Waals surface area contributed by atoms with Crippen molar-refractivity contribution >= 4 is 0 Å². The molecule has 0 bridgehead atoms. The Kier molecular flexibility index (Phi) is 14.4. The molecule has 1 fully saturated rings. The Morgan fingerprint density at radius 2 is 1.27 bits per heavy atom. The van der Waals surface area contributed by atoms with Crippen molar-refractivity contribution in [3.8, 4) is 0 Å². The maximum Gasteiger partial charge on any atom is 0.140 e. The highest BCUT2D eigenvalue weighted by Crippen LogP contribution is 2.11. The van der Waals surface area contributed by atoms with Crippen molar-refractivity contribution < 1.29 is 10.4 Å². The normalized spacial score (nSPS) is 22.0. The maximum atomic E-state index is 2.50. The standard InChI is InChI=1S/C19H40N2.H2O/c1-4-5-6-7-8-9-10-11-12-13-14-15-16-21-18-17-20(3)19(21)2;/h19H,4-18H2,1-3H3;1H2. The summed E-state index contributed by atoms with van der Waals surface area (Å²) in [5, 5.41) is 0. The van der Waals surface area contributed by atoms with Gasteiger partial charge in [0.15, 0.2) is 0 Å². The van der Waals surface area contributed by atoms with Crippen LogP contribution in [0.5, 0.6) is 0 Å². The predicted molar refractivity (Wildman–Crippen MR) is 95.8 cm³/mol. The van der Waals surface area contributed by atoms with Gasteiger partial charge in [0.05, 0.1) is 19.6 Å². The van der Waals surface area contributed by atoms with Crippen LogP contribution in [0.2, 0.25) is 0 Å². The molecule has 1 aliphatic rings. The Morgan fingerprint density at radius 3 is 1.68 bits per heavy atom. The zero-order valence-corrected chi connectivity index (χ0v) is 15.6. The summed E-state index contributed by atoms with van der Waals surface area (Å²) in [6.07, 6.45) is 18.2. The summed E-state index contributed by atoms with van der Waals surface area (Å²) < 4.78 is 0. The molecule has 0 aromatic carbocycles. The third kappa shape index (κ3) is 9.81. The molecular weight excluding hydrogens is 272 g/mol. The molecule has 1 saturated heterocycles. The van der Waals surface area contributed by atoms with E-state index in [2.05, 4.69) is 25.8 Å². The van der Waals surface area contributed by atoms with E-state index in [1.165, 1.54) is 96.7 Å². The number of quaternary nitrogens is 1. The van der Waals surface area contributed by atoms with Crippen LogP contribution in [0.25, 0.3) is 0 Å². The smallest absolute Gasteiger partial charge is 0.140 e. The van der Waals surface area contributed by atoms with E-state index in [1.54, 1.807) is 0 Å². The largest absolute Gasteiger partial charge is 0.870 e. The Balaban J connectivity index is 0.00000441. The zero-order valence-electron chi connectivity index (χ0n) is 15.6. The Bertz CT molecular complexity index is 235. The molecule has 2 unspecified atom stereocenters. The van der Waals surface area contributed by atoms with E-state index in [4.69, 9.17) is 0 Å². The first-order chi connectivity index (χ1) is 10.3. The minimum Gasteiger partial charge on any atom is -0.870 e. The van der Waals surface area contributed by atoms with E-state index in [0.29, 0.717) is 0 Å². The van der Waals surface area contributed by atoms with Crippen LogP contribution in [0.15, 0.2) is 0 Å². The van der Waals surface area contributed by atoms with E-state index >= 15 is 0 Å². The molecule has 1 rings (SSSR count). The minimum atomic E-state index is 0. The number of nitrogens with zero attached hydrogens (tertiary/aromatic N) is 1. The van der Waals surface area contributed by atoms with E-state index in [9.17, 15) is 0 Å². The number of hydrogen-bond acceptors (Lipinski definition) is 2. The molecule has 0 aliphatic carbocycles. The molecule has 2 atom stereocenters. The first-order valence-corrected chi connectivity index (χ1v) is 9.80. The predicted octanol–water partition coefficient (Wildman–Crippen LogP) is 3.69. The van der Waals surface area contributed by atoms with Gasteiger partial charge < -0.3 is 10.4 Å². The summed E-state index contributed by atoms with van der Waals surface area (Å²) in [6, 6.07) is 0. The molecular formula is C19H42N2O. The second kappa shape index (κ2) is 14.5. The van der Waals surface area contributed by atoms with Gasteiger partial charge in [0, 0.05) is 6.92 Å². The van der Waals surface area contributed by atoms with Gasteiger partial charge in [-0.2, -0.15) is 0 Å².